The first-order valence-corrected chi connectivity index (χ1v) is 8.11. The number of carbonyl (C=O) groups is 1. The van der Waals surface area contributed by atoms with Crippen LogP contribution >= 0.6 is 11.8 Å². The highest BCUT2D eigenvalue weighted by Crippen LogP contribution is 2.19. The van der Waals surface area contributed by atoms with Crippen LogP contribution in [0.25, 0.3) is 0 Å². The van der Waals surface area contributed by atoms with Crippen LogP contribution in [0, 0.1) is 5.82 Å². The van der Waals surface area contributed by atoms with Gasteiger partial charge in [0.05, 0.1) is 11.9 Å². The van der Waals surface area contributed by atoms with Gasteiger partial charge in [0, 0.05) is 13.6 Å². The van der Waals surface area contributed by atoms with Crippen molar-refractivity contribution < 1.29 is 13.9 Å². The molecule has 0 radical (unpaired) electrons. The van der Waals surface area contributed by atoms with Crippen LogP contribution in [-0.2, 0) is 11.8 Å². The number of amides is 1. The summed E-state index contributed by atoms with van der Waals surface area (Å²) in [5.41, 5.74) is 0. The van der Waals surface area contributed by atoms with Crippen molar-refractivity contribution in [3.63, 3.8) is 0 Å². The van der Waals surface area contributed by atoms with Crippen molar-refractivity contribution in [1.29, 1.82) is 0 Å². The summed E-state index contributed by atoms with van der Waals surface area (Å²) in [6.07, 6.45) is 2.27. The third kappa shape index (κ3) is 5.55. The fourth-order valence-corrected chi connectivity index (χ4v) is 2.55. The number of nitrogens with one attached hydrogen (secondary N) is 1. The molecule has 0 aliphatic heterocycles. The second kappa shape index (κ2) is 8.52. The Morgan fingerprint density at radius 2 is 2.17 bits per heavy atom. The lowest BCUT2D eigenvalue weighted by atomic mass is 10.3. The van der Waals surface area contributed by atoms with E-state index < -0.39 is 0 Å². The number of thioether (sulfide) groups is 1. The number of ether oxygens (including phenoxy) is 1. The Labute approximate surface area is 138 Å². The number of hydrogen-bond acceptors (Lipinski definition) is 5. The number of halogens is 1. The molecule has 0 aliphatic rings. The predicted octanol–water partition coefficient (Wildman–Crippen LogP) is 2.02. The SMILES string of the molecule is C[C@@H](Sc1nncn1C)C(=O)NCCCOc1ccc(F)cc1. The number of hydrogen-bond donors (Lipinski definition) is 1. The van der Waals surface area contributed by atoms with Crippen molar-refractivity contribution in [3.8, 4) is 5.75 Å². The number of aryl methyl sites for hydroxylation is 1. The smallest absolute Gasteiger partial charge is 0.233 e. The molecule has 124 valence electrons. The standard InChI is InChI=1S/C15H19FN4O2S/c1-11(23-15-19-18-10-20(15)2)14(21)17-8-3-9-22-13-6-4-12(16)5-7-13/h4-7,10-11H,3,8-9H2,1-2H3,(H,17,21)/t11-/m1/s1. The summed E-state index contributed by atoms with van der Waals surface area (Å²) in [6.45, 7) is 2.80. The molecule has 0 saturated carbocycles. The van der Waals surface area contributed by atoms with E-state index in [0.29, 0.717) is 30.5 Å². The van der Waals surface area contributed by atoms with Gasteiger partial charge in [-0.1, -0.05) is 11.8 Å². The first-order valence-electron chi connectivity index (χ1n) is 7.23. The molecule has 1 amide bonds. The normalized spacial score (nSPS) is 12.0. The Kier molecular flexibility index (Phi) is 6.40. The second-order valence-corrected chi connectivity index (χ2v) is 6.24. The molecule has 23 heavy (non-hydrogen) atoms. The molecule has 0 spiro atoms. The van der Waals surface area contributed by atoms with Gasteiger partial charge in [-0.05, 0) is 37.6 Å². The molecule has 1 aromatic heterocycles. The summed E-state index contributed by atoms with van der Waals surface area (Å²) in [7, 11) is 1.83. The van der Waals surface area contributed by atoms with Gasteiger partial charge in [-0.2, -0.15) is 0 Å². The number of rotatable bonds is 8. The molecular weight excluding hydrogens is 319 g/mol. The van der Waals surface area contributed by atoms with E-state index in [1.54, 1.807) is 23.0 Å². The number of benzene rings is 1. The van der Waals surface area contributed by atoms with Crippen molar-refractivity contribution in [2.75, 3.05) is 13.2 Å². The lowest BCUT2D eigenvalue weighted by Gasteiger charge is -2.11. The number of nitrogens with zero attached hydrogens (tertiary/aromatic N) is 3. The topological polar surface area (TPSA) is 69.0 Å². The van der Waals surface area contributed by atoms with Gasteiger partial charge in [-0.15, -0.1) is 10.2 Å². The maximum Gasteiger partial charge on any atom is 0.233 e. The predicted molar refractivity (Wildman–Crippen MR) is 85.8 cm³/mol. The van der Waals surface area contributed by atoms with E-state index in [0.717, 1.165) is 0 Å². The van der Waals surface area contributed by atoms with Gasteiger partial charge < -0.3 is 14.6 Å². The summed E-state index contributed by atoms with van der Waals surface area (Å²) in [5, 5.41) is 11.0. The molecule has 2 aromatic rings. The highest BCUT2D eigenvalue weighted by molar-refractivity contribution is 8.00. The molecule has 1 atom stereocenters. The van der Waals surface area contributed by atoms with Gasteiger partial charge in [-0.25, -0.2) is 4.39 Å². The van der Waals surface area contributed by atoms with Crippen LogP contribution in [-0.4, -0.2) is 39.1 Å². The highest BCUT2D eigenvalue weighted by atomic mass is 32.2. The fraction of sp³-hybridized carbons (Fsp3) is 0.400. The zero-order chi connectivity index (χ0) is 16.7. The molecule has 1 aromatic carbocycles. The molecule has 1 N–H and O–H groups in total. The van der Waals surface area contributed by atoms with Crippen LogP contribution < -0.4 is 10.1 Å². The maximum absolute atomic E-state index is 12.7. The van der Waals surface area contributed by atoms with E-state index in [1.807, 2.05) is 14.0 Å². The number of carbonyl (C=O) groups excluding carboxylic acids is 1. The summed E-state index contributed by atoms with van der Waals surface area (Å²) >= 11 is 1.36. The fourth-order valence-electron chi connectivity index (χ4n) is 1.74. The van der Waals surface area contributed by atoms with Crippen LogP contribution in [0.1, 0.15) is 13.3 Å². The minimum Gasteiger partial charge on any atom is -0.494 e. The van der Waals surface area contributed by atoms with Gasteiger partial charge in [0.1, 0.15) is 17.9 Å². The molecule has 0 aliphatic carbocycles. The van der Waals surface area contributed by atoms with Crippen LogP contribution in [0.4, 0.5) is 4.39 Å². The summed E-state index contributed by atoms with van der Waals surface area (Å²) in [6, 6.07) is 5.85. The van der Waals surface area contributed by atoms with Gasteiger partial charge >= 0.3 is 0 Å². The largest absolute Gasteiger partial charge is 0.494 e. The van der Waals surface area contributed by atoms with E-state index in [-0.39, 0.29) is 17.0 Å². The second-order valence-electron chi connectivity index (χ2n) is 4.93. The minimum atomic E-state index is -0.293. The molecule has 0 saturated heterocycles. The van der Waals surface area contributed by atoms with Crippen LogP contribution in [0.3, 0.4) is 0 Å². The Bertz CT molecular complexity index is 633. The van der Waals surface area contributed by atoms with E-state index in [2.05, 4.69) is 15.5 Å². The van der Waals surface area contributed by atoms with Gasteiger partial charge in [-0.3, -0.25) is 4.79 Å². The zero-order valence-electron chi connectivity index (χ0n) is 13.0. The van der Waals surface area contributed by atoms with Crippen LogP contribution in [0.2, 0.25) is 0 Å². The first-order chi connectivity index (χ1) is 11.1. The third-order valence-corrected chi connectivity index (χ3v) is 4.17. The Hall–Kier alpha value is -2.09. The first kappa shape index (κ1) is 17.3. The van der Waals surface area contributed by atoms with Gasteiger partial charge in [0.15, 0.2) is 5.16 Å². The van der Waals surface area contributed by atoms with Crippen molar-refractivity contribution in [1.82, 2.24) is 20.1 Å². The van der Waals surface area contributed by atoms with E-state index in [9.17, 15) is 9.18 Å². The Morgan fingerprint density at radius 1 is 1.43 bits per heavy atom. The quantitative estimate of drug-likeness (QED) is 0.589. The van der Waals surface area contributed by atoms with Crippen LogP contribution in [0.15, 0.2) is 35.7 Å². The number of aromatic nitrogens is 3. The molecule has 0 unspecified atom stereocenters. The minimum absolute atomic E-state index is 0.0558. The average Bonchev–Trinajstić information content (AvgIpc) is 2.93. The third-order valence-electron chi connectivity index (χ3n) is 3.02. The molecular formula is C15H19FN4O2S. The summed E-state index contributed by atoms with van der Waals surface area (Å²) in [5.74, 6) is 0.266. The van der Waals surface area contributed by atoms with E-state index in [1.165, 1.54) is 23.9 Å². The Morgan fingerprint density at radius 3 is 2.83 bits per heavy atom. The molecule has 6 nitrogen and oxygen atoms in total. The van der Waals surface area contributed by atoms with Crippen molar-refractivity contribution in [3.05, 3.63) is 36.4 Å². The van der Waals surface area contributed by atoms with E-state index in [4.69, 9.17) is 4.74 Å². The highest BCUT2D eigenvalue weighted by Gasteiger charge is 2.16. The molecule has 0 fully saturated rings. The lowest BCUT2D eigenvalue weighted by Crippen LogP contribution is -2.32. The average molecular weight is 338 g/mol. The Balaban J connectivity index is 1.62. The summed E-state index contributed by atoms with van der Waals surface area (Å²) < 4.78 is 20.0. The summed E-state index contributed by atoms with van der Waals surface area (Å²) in [4.78, 5) is 12.0. The molecule has 0 bridgehead atoms. The van der Waals surface area contributed by atoms with E-state index >= 15 is 0 Å². The lowest BCUT2D eigenvalue weighted by molar-refractivity contribution is -0.120. The molecule has 1 heterocycles. The zero-order valence-corrected chi connectivity index (χ0v) is 13.8. The van der Waals surface area contributed by atoms with Gasteiger partial charge in [0.25, 0.3) is 0 Å². The van der Waals surface area contributed by atoms with Crippen LogP contribution in [0.5, 0.6) is 5.75 Å². The monoisotopic (exact) mass is 338 g/mol. The van der Waals surface area contributed by atoms with Crippen molar-refractivity contribution in [2.24, 2.45) is 7.05 Å². The van der Waals surface area contributed by atoms with Crippen molar-refractivity contribution in [2.45, 2.75) is 23.8 Å². The van der Waals surface area contributed by atoms with Crippen molar-refractivity contribution >= 4 is 17.7 Å². The molecule has 2 rings (SSSR count). The van der Waals surface area contributed by atoms with Gasteiger partial charge in [0.2, 0.25) is 5.91 Å². The molecule has 8 heteroatoms. The maximum atomic E-state index is 12.7.